The predicted octanol–water partition coefficient (Wildman–Crippen LogP) is 4.08. The lowest BCUT2D eigenvalue weighted by atomic mass is 10.2. The number of methoxy groups -OCH3 is 1. The Labute approximate surface area is 193 Å². The zero-order chi connectivity index (χ0) is 23.1. The van der Waals surface area contributed by atoms with E-state index in [2.05, 4.69) is 15.5 Å². The highest BCUT2D eigenvalue weighted by Crippen LogP contribution is 2.28. The van der Waals surface area contributed by atoms with Crippen LogP contribution in [0.15, 0.2) is 47.0 Å². The van der Waals surface area contributed by atoms with Gasteiger partial charge in [-0.25, -0.2) is 4.79 Å². The third-order valence-electron chi connectivity index (χ3n) is 4.08. The van der Waals surface area contributed by atoms with Gasteiger partial charge in [0.1, 0.15) is 11.5 Å². The number of anilines is 1. The summed E-state index contributed by atoms with van der Waals surface area (Å²) < 4.78 is 20.8. The fourth-order valence-electron chi connectivity index (χ4n) is 2.57. The van der Waals surface area contributed by atoms with Gasteiger partial charge >= 0.3 is 5.97 Å². The summed E-state index contributed by atoms with van der Waals surface area (Å²) in [6.45, 7) is 1.23. The monoisotopic (exact) mass is 479 g/mol. The number of nitrogens with one attached hydrogen (secondary N) is 1. The lowest BCUT2D eigenvalue weighted by molar-refractivity contribution is -0.153. The Morgan fingerprint density at radius 1 is 1.16 bits per heavy atom. The fraction of sp³-hybridized carbons (Fsp3) is 0.238. The van der Waals surface area contributed by atoms with Crippen molar-refractivity contribution in [3.63, 3.8) is 0 Å². The molecule has 0 aliphatic heterocycles. The molecule has 0 aliphatic rings. The van der Waals surface area contributed by atoms with Crippen LogP contribution in [-0.2, 0) is 27.4 Å². The van der Waals surface area contributed by atoms with Crippen LogP contribution in [0.1, 0.15) is 18.6 Å². The number of rotatable bonds is 9. The largest absolute Gasteiger partial charge is 0.495 e. The number of carbonyl (C=O) groups excluding carboxylic acids is 2. The maximum absolute atomic E-state index is 12.2. The van der Waals surface area contributed by atoms with Gasteiger partial charge < -0.3 is 24.1 Å². The van der Waals surface area contributed by atoms with Gasteiger partial charge in [0.25, 0.3) is 5.89 Å². The highest BCUT2D eigenvalue weighted by atomic mass is 35.5. The number of amides is 1. The minimum absolute atomic E-state index is 0.0372. The molecule has 168 valence electrons. The third kappa shape index (κ3) is 6.35. The molecule has 0 saturated heterocycles. The van der Waals surface area contributed by atoms with Crippen LogP contribution >= 0.6 is 23.2 Å². The summed E-state index contributed by atoms with van der Waals surface area (Å²) in [6, 6.07) is 11.6. The second-order valence-electron chi connectivity index (χ2n) is 6.47. The molecule has 3 rings (SSSR count). The van der Waals surface area contributed by atoms with Crippen LogP contribution in [0.25, 0.3) is 0 Å². The molecule has 0 saturated carbocycles. The van der Waals surface area contributed by atoms with Gasteiger partial charge in [-0.1, -0.05) is 40.5 Å². The number of esters is 1. The Bertz CT molecular complexity index is 1100. The van der Waals surface area contributed by atoms with Crippen molar-refractivity contribution in [2.75, 3.05) is 12.4 Å². The highest BCUT2D eigenvalue weighted by molar-refractivity contribution is 6.35. The van der Waals surface area contributed by atoms with Crippen LogP contribution in [0, 0.1) is 0 Å². The second kappa shape index (κ2) is 10.8. The SMILES string of the molecule is COc1ccccc1NC(=O)Cc1noc(COC(=O)C(C)Oc2ccc(Cl)cc2Cl)n1. The van der Waals surface area contributed by atoms with E-state index in [9.17, 15) is 9.59 Å². The third-order valence-corrected chi connectivity index (χ3v) is 4.61. The van der Waals surface area contributed by atoms with Gasteiger partial charge in [-0.05, 0) is 37.3 Å². The Balaban J connectivity index is 1.49. The number of carbonyl (C=O) groups is 2. The first-order chi connectivity index (χ1) is 15.4. The van der Waals surface area contributed by atoms with Crippen molar-refractivity contribution < 1.29 is 28.3 Å². The van der Waals surface area contributed by atoms with Gasteiger partial charge in [-0.3, -0.25) is 4.79 Å². The number of aromatic nitrogens is 2. The first kappa shape index (κ1) is 23.4. The molecule has 2 aromatic carbocycles. The van der Waals surface area contributed by atoms with Gasteiger partial charge in [0, 0.05) is 5.02 Å². The molecular formula is C21H19Cl2N3O6. The normalized spacial score (nSPS) is 11.5. The van der Waals surface area contributed by atoms with Crippen molar-refractivity contribution in [3.05, 3.63) is 64.2 Å². The number of benzene rings is 2. The molecule has 32 heavy (non-hydrogen) atoms. The zero-order valence-corrected chi connectivity index (χ0v) is 18.6. The lowest BCUT2D eigenvalue weighted by Crippen LogP contribution is -2.26. The molecule has 1 N–H and O–H groups in total. The summed E-state index contributed by atoms with van der Waals surface area (Å²) in [4.78, 5) is 28.4. The van der Waals surface area contributed by atoms with E-state index < -0.39 is 12.1 Å². The maximum atomic E-state index is 12.2. The Kier molecular flexibility index (Phi) is 7.91. The van der Waals surface area contributed by atoms with E-state index in [0.29, 0.717) is 22.2 Å². The van der Waals surface area contributed by atoms with Gasteiger partial charge in [-0.2, -0.15) is 4.98 Å². The fourth-order valence-corrected chi connectivity index (χ4v) is 3.02. The van der Waals surface area contributed by atoms with Crippen molar-refractivity contribution in [2.45, 2.75) is 26.1 Å². The molecule has 0 bridgehead atoms. The molecule has 1 aromatic heterocycles. The molecule has 1 amide bonds. The summed E-state index contributed by atoms with van der Waals surface area (Å²) in [5.74, 6) is -0.0271. The number of para-hydroxylation sites is 2. The molecule has 0 spiro atoms. The summed E-state index contributed by atoms with van der Waals surface area (Å²) in [7, 11) is 1.51. The van der Waals surface area contributed by atoms with Crippen LogP contribution in [0.5, 0.6) is 11.5 Å². The van der Waals surface area contributed by atoms with Crippen LogP contribution < -0.4 is 14.8 Å². The van der Waals surface area contributed by atoms with Crippen molar-refractivity contribution in [1.82, 2.24) is 10.1 Å². The summed E-state index contributed by atoms with van der Waals surface area (Å²) >= 11 is 11.9. The summed E-state index contributed by atoms with van der Waals surface area (Å²) in [5, 5.41) is 7.14. The molecule has 0 radical (unpaired) electrons. The van der Waals surface area contributed by atoms with Crippen LogP contribution in [0.4, 0.5) is 5.69 Å². The molecule has 0 fully saturated rings. The zero-order valence-electron chi connectivity index (χ0n) is 17.1. The molecule has 1 unspecified atom stereocenters. The van der Waals surface area contributed by atoms with E-state index in [-0.39, 0.29) is 35.7 Å². The number of nitrogens with zero attached hydrogens (tertiary/aromatic N) is 2. The average Bonchev–Trinajstić information content (AvgIpc) is 3.21. The molecule has 9 nitrogen and oxygen atoms in total. The van der Waals surface area contributed by atoms with E-state index in [1.807, 2.05) is 0 Å². The van der Waals surface area contributed by atoms with Gasteiger partial charge in [0.2, 0.25) is 5.91 Å². The molecule has 11 heteroatoms. The van der Waals surface area contributed by atoms with Crippen molar-refractivity contribution >= 4 is 40.8 Å². The van der Waals surface area contributed by atoms with E-state index in [1.54, 1.807) is 36.4 Å². The van der Waals surface area contributed by atoms with E-state index in [1.165, 1.54) is 20.1 Å². The standard InChI is InChI=1S/C21H19Cl2N3O6/c1-12(31-16-8-7-13(22)9-14(16)23)21(28)30-11-20-25-18(26-32-20)10-19(27)24-15-5-3-4-6-17(15)29-2/h3-9,12H,10-11H2,1-2H3,(H,24,27). The second-order valence-corrected chi connectivity index (χ2v) is 7.32. The number of halogens is 2. The van der Waals surface area contributed by atoms with Crippen molar-refractivity contribution in [1.29, 1.82) is 0 Å². The summed E-state index contributed by atoms with van der Waals surface area (Å²) in [6.07, 6.45) is -1.08. The number of ether oxygens (including phenoxy) is 3. The Morgan fingerprint density at radius 3 is 2.69 bits per heavy atom. The minimum Gasteiger partial charge on any atom is -0.495 e. The molecular weight excluding hydrogens is 461 g/mol. The Morgan fingerprint density at radius 2 is 1.94 bits per heavy atom. The van der Waals surface area contributed by atoms with Gasteiger partial charge in [0.15, 0.2) is 18.5 Å². The average molecular weight is 480 g/mol. The quantitative estimate of drug-likeness (QED) is 0.456. The number of hydrogen-bond acceptors (Lipinski definition) is 8. The van der Waals surface area contributed by atoms with E-state index in [0.717, 1.165) is 0 Å². The summed E-state index contributed by atoms with van der Waals surface area (Å²) in [5.41, 5.74) is 0.521. The topological polar surface area (TPSA) is 113 Å². The van der Waals surface area contributed by atoms with Crippen LogP contribution in [0.3, 0.4) is 0 Å². The minimum atomic E-state index is -0.942. The van der Waals surface area contributed by atoms with Crippen LogP contribution in [0.2, 0.25) is 10.0 Å². The van der Waals surface area contributed by atoms with Crippen molar-refractivity contribution in [3.8, 4) is 11.5 Å². The Hall–Kier alpha value is -3.30. The first-order valence-corrected chi connectivity index (χ1v) is 10.1. The number of hydrogen-bond donors (Lipinski definition) is 1. The van der Waals surface area contributed by atoms with Crippen LogP contribution in [-0.4, -0.2) is 35.2 Å². The molecule has 1 heterocycles. The molecule has 1 atom stereocenters. The van der Waals surface area contributed by atoms with E-state index in [4.69, 9.17) is 41.9 Å². The van der Waals surface area contributed by atoms with Crippen molar-refractivity contribution in [2.24, 2.45) is 0 Å². The first-order valence-electron chi connectivity index (χ1n) is 9.38. The molecule has 0 aliphatic carbocycles. The lowest BCUT2D eigenvalue weighted by Gasteiger charge is -2.14. The van der Waals surface area contributed by atoms with E-state index >= 15 is 0 Å². The predicted molar refractivity (Wildman–Crippen MR) is 116 cm³/mol. The maximum Gasteiger partial charge on any atom is 0.347 e. The van der Waals surface area contributed by atoms with Gasteiger partial charge in [-0.15, -0.1) is 0 Å². The smallest absolute Gasteiger partial charge is 0.347 e. The van der Waals surface area contributed by atoms with Gasteiger partial charge in [0.05, 0.1) is 24.2 Å². The highest BCUT2D eigenvalue weighted by Gasteiger charge is 2.20. The molecule has 3 aromatic rings.